The Morgan fingerprint density at radius 1 is 1.03 bits per heavy atom. The first kappa shape index (κ1) is 20.2. The highest BCUT2D eigenvalue weighted by Gasteiger charge is 2.63. The third-order valence-electron chi connectivity index (χ3n) is 8.71. The van der Waals surface area contributed by atoms with Crippen LogP contribution in [0.3, 0.4) is 0 Å². The Bertz CT molecular complexity index is 1020. The molecule has 1 aromatic carbocycles. The zero-order valence-electron chi connectivity index (χ0n) is 19.5. The van der Waals surface area contributed by atoms with E-state index in [4.69, 9.17) is 0 Å². The normalized spacial score (nSPS) is 36.0. The molecule has 5 aliphatic rings. The van der Waals surface area contributed by atoms with Gasteiger partial charge in [0.1, 0.15) is 0 Å². The molecule has 2 heterocycles. The van der Waals surface area contributed by atoms with Gasteiger partial charge in [-0.1, -0.05) is 17.7 Å². The van der Waals surface area contributed by atoms with E-state index in [0.29, 0.717) is 17.7 Å². The SMILES string of the molecule is Cc1ccc(N2CCN(C(=O)C34C[C@H]5C[C@@H](C3)CC(n3nnc(C)n3)(C5)C4)[C@@H](C)C2)cc1. The molecule has 0 spiro atoms. The minimum atomic E-state index is -0.244. The van der Waals surface area contributed by atoms with Gasteiger partial charge < -0.3 is 9.80 Å². The van der Waals surface area contributed by atoms with Gasteiger partial charge in [-0.15, -0.1) is 10.2 Å². The molecule has 2 unspecified atom stereocenters. The summed E-state index contributed by atoms with van der Waals surface area (Å²) in [5, 5.41) is 13.2. The number of piperazine rings is 1. The smallest absolute Gasteiger partial charge is 0.229 e. The molecule has 4 aliphatic carbocycles. The molecule has 1 aliphatic heterocycles. The fraction of sp³-hybridized carbons (Fsp3) is 0.680. The Kier molecular flexibility index (Phi) is 4.43. The van der Waals surface area contributed by atoms with Gasteiger partial charge in [0.15, 0.2) is 5.82 Å². The van der Waals surface area contributed by atoms with Gasteiger partial charge in [-0.05, 0) is 88.5 Å². The van der Waals surface area contributed by atoms with Gasteiger partial charge in [0.2, 0.25) is 5.91 Å². The van der Waals surface area contributed by atoms with E-state index in [9.17, 15) is 4.79 Å². The summed E-state index contributed by atoms with van der Waals surface area (Å²) < 4.78 is 0. The largest absolute Gasteiger partial charge is 0.368 e. The fourth-order valence-corrected chi connectivity index (χ4v) is 7.74. The van der Waals surface area contributed by atoms with Gasteiger partial charge in [0.25, 0.3) is 0 Å². The van der Waals surface area contributed by atoms with Gasteiger partial charge in [-0.2, -0.15) is 4.80 Å². The molecule has 32 heavy (non-hydrogen) atoms. The van der Waals surface area contributed by atoms with E-state index in [2.05, 4.69) is 63.3 Å². The molecule has 0 radical (unpaired) electrons. The van der Waals surface area contributed by atoms with E-state index in [1.807, 2.05) is 11.7 Å². The standard InChI is InChI=1S/C25H34N6O/c1-17-4-6-22(7-5-17)29-8-9-30(18(2)15-29)23(32)24-11-20-10-21(12-24)14-25(13-20,16-24)31-27-19(3)26-28-31/h4-7,18,20-21H,8-16H2,1-3H3/t18-,20-,21+,24?,25?/m0/s1. The molecule has 7 nitrogen and oxygen atoms in total. The number of carbonyl (C=O) groups is 1. The first-order valence-corrected chi connectivity index (χ1v) is 12.3. The van der Waals surface area contributed by atoms with Crippen molar-refractivity contribution >= 4 is 11.6 Å². The lowest BCUT2D eigenvalue weighted by Gasteiger charge is -2.61. The van der Waals surface area contributed by atoms with Crippen LogP contribution in [0, 0.1) is 31.1 Å². The maximum absolute atomic E-state index is 14.2. The summed E-state index contributed by atoms with van der Waals surface area (Å²) in [6.07, 6.45) is 6.44. The molecule has 5 atom stereocenters. The van der Waals surface area contributed by atoms with Crippen molar-refractivity contribution in [2.75, 3.05) is 24.5 Å². The molecule has 1 amide bonds. The lowest BCUT2D eigenvalue weighted by atomic mass is 9.46. The second-order valence-corrected chi connectivity index (χ2v) is 11.2. The average molecular weight is 435 g/mol. The third kappa shape index (κ3) is 3.07. The first-order valence-electron chi connectivity index (χ1n) is 12.3. The highest BCUT2D eigenvalue weighted by atomic mass is 16.2. The van der Waals surface area contributed by atoms with Gasteiger partial charge >= 0.3 is 0 Å². The zero-order chi connectivity index (χ0) is 22.1. The molecule has 7 rings (SSSR count). The summed E-state index contributed by atoms with van der Waals surface area (Å²) in [5.74, 6) is 2.33. The van der Waals surface area contributed by atoms with Crippen molar-refractivity contribution in [2.45, 2.75) is 70.9 Å². The molecule has 1 saturated heterocycles. The number of aromatic nitrogens is 4. The summed E-state index contributed by atoms with van der Waals surface area (Å²) in [7, 11) is 0. The van der Waals surface area contributed by atoms with Crippen LogP contribution in [0.25, 0.3) is 0 Å². The second-order valence-electron chi connectivity index (χ2n) is 11.2. The Hall–Kier alpha value is -2.44. The fourth-order valence-electron chi connectivity index (χ4n) is 7.74. The number of anilines is 1. The van der Waals surface area contributed by atoms with Crippen LogP contribution in [0.1, 0.15) is 56.8 Å². The summed E-state index contributed by atoms with van der Waals surface area (Å²) >= 11 is 0. The number of benzene rings is 1. The number of amides is 1. The minimum Gasteiger partial charge on any atom is -0.368 e. The van der Waals surface area contributed by atoms with Gasteiger partial charge in [0, 0.05) is 31.4 Å². The topological polar surface area (TPSA) is 67.2 Å². The van der Waals surface area contributed by atoms with Crippen LogP contribution in [-0.4, -0.2) is 56.7 Å². The van der Waals surface area contributed by atoms with Crippen LogP contribution in [0.15, 0.2) is 24.3 Å². The lowest BCUT2D eigenvalue weighted by molar-refractivity contribution is -0.170. The van der Waals surface area contributed by atoms with E-state index in [0.717, 1.165) is 57.6 Å². The van der Waals surface area contributed by atoms with Crippen LogP contribution in [0.5, 0.6) is 0 Å². The van der Waals surface area contributed by atoms with E-state index in [1.165, 1.54) is 17.7 Å². The predicted molar refractivity (Wildman–Crippen MR) is 122 cm³/mol. The minimum absolute atomic E-state index is 0.117. The molecule has 4 saturated carbocycles. The van der Waals surface area contributed by atoms with E-state index >= 15 is 0 Å². The van der Waals surface area contributed by atoms with E-state index in [-0.39, 0.29) is 17.0 Å². The zero-order valence-corrected chi connectivity index (χ0v) is 19.5. The summed E-state index contributed by atoms with van der Waals surface area (Å²) in [4.78, 5) is 20.7. The number of hydrogen-bond acceptors (Lipinski definition) is 5. The van der Waals surface area contributed by atoms with Crippen LogP contribution in [0.2, 0.25) is 0 Å². The Morgan fingerprint density at radius 2 is 1.75 bits per heavy atom. The predicted octanol–water partition coefficient (Wildman–Crippen LogP) is 3.32. The van der Waals surface area contributed by atoms with Gasteiger partial charge in [0.05, 0.1) is 11.0 Å². The van der Waals surface area contributed by atoms with Crippen molar-refractivity contribution in [2.24, 2.45) is 17.3 Å². The van der Waals surface area contributed by atoms with E-state index < -0.39 is 0 Å². The number of aryl methyl sites for hydroxylation is 2. The van der Waals surface area contributed by atoms with E-state index in [1.54, 1.807) is 0 Å². The molecular weight excluding hydrogens is 400 g/mol. The lowest BCUT2D eigenvalue weighted by Crippen LogP contribution is -2.64. The number of nitrogens with zero attached hydrogens (tertiary/aromatic N) is 6. The summed E-state index contributed by atoms with van der Waals surface area (Å²) in [5.41, 5.74) is 2.18. The number of tetrazole rings is 1. The average Bonchev–Trinajstić information content (AvgIpc) is 3.20. The Labute approximate surface area is 190 Å². The molecule has 5 fully saturated rings. The Morgan fingerprint density at radius 3 is 2.38 bits per heavy atom. The maximum Gasteiger partial charge on any atom is 0.229 e. The van der Waals surface area contributed by atoms with Crippen molar-refractivity contribution in [1.82, 2.24) is 25.1 Å². The molecular formula is C25H34N6O. The monoisotopic (exact) mass is 434 g/mol. The third-order valence-corrected chi connectivity index (χ3v) is 8.71. The molecule has 170 valence electrons. The van der Waals surface area contributed by atoms with Crippen molar-refractivity contribution in [1.29, 1.82) is 0 Å². The van der Waals surface area contributed by atoms with Crippen molar-refractivity contribution in [3.8, 4) is 0 Å². The number of carbonyl (C=O) groups excluding carboxylic acids is 1. The first-order chi connectivity index (χ1) is 15.4. The highest BCUT2D eigenvalue weighted by molar-refractivity contribution is 5.84. The Balaban J connectivity index is 1.24. The van der Waals surface area contributed by atoms with Crippen molar-refractivity contribution in [3.05, 3.63) is 35.7 Å². The van der Waals surface area contributed by atoms with Gasteiger partial charge in [-0.3, -0.25) is 4.79 Å². The van der Waals surface area contributed by atoms with Crippen LogP contribution >= 0.6 is 0 Å². The number of hydrogen-bond donors (Lipinski definition) is 0. The van der Waals surface area contributed by atoms with Crippen molar-refractivity contribution < 1.29 is 4.79 Å². The number of rotatable bonds is 3. The van der Waals surface area contributed by atoms with Crippen LogP contribution < -0.4 is 4.90 Å². The summed E-state index contributed by atoms with van der Waals surface area (Å²) in [6, 6.07) is 8.97. The van der Waals surface area contributed by atoms with Gasteiger partial charge in [-0.25, -0.2) is 0 Å². The van der Waals surface area contributed by atoms with Crippen LogP contribution in [-0.2, 0) is 10.3 Å². The van der Waals surface area contributed by atoms with Crippen molar-refractivity contribution in [3.63, 3.8) is 0 Å². The molecule has 0 N–H and O–H groups in total. The summed E-state index contributed by atoms with van der Waals surface area (Å²) in [6.45, 7) is 8.84. The highest BCUT2D eigenvalue weighted by Crippen LogP contribution is 2.64. The second kappa shape index (κ2) is 7.03. The maximum atomic E-state index is 14.2. The molecule has 2 aromatic rings. The molecule has 1 aromatic heterocycles. The molecule has 4 bridgehead atoms. The molecule has 7 heteroatoms. The quantitative estimate of drug-likeness (QED) is 0.741. The van der Waals surface area contributed by atoms with Crippen LogP contribution in [0.4, 0.5) is 5.69 Å².